The molecule has 0 spiro atoms. The SMILES string of the molecule is CCC(=Cc1ccnc2ccccc12)CNC(C)C. The van der Waals surface area contributed by atoms with Crippen molar-refractivity contribution >= 4 is 17.0 Å². The number of fused-ring (bicyclic) bond motifs is 1. The Morgan fingerprint density at radius 2 is 2.05 bits per heavy atom. The van der Waals surface area contributed by atoms with Crippen LogP contribution in [-0.2, 0) is 0 Å². The molecule has 0 radical (unpaired) electrons. The normalized spacial score (nSPS) is 12.3. The number of hydrogen-bond acceptors (Lipinski definition) is 2. The second-order valence-corrected chi connectivity index (χ2v) is 5.11. The molecule has 2 rings (SSSR count). The zero-order valence-corrected chi connectivity index (χ0v) is 12.0. The summed E-state index contributed by atoms with van der Waals surface area (Å²) in [6, 6.07) is 10.9. The average Bonchev–Trinajstić information content (AvgIpc) is 2.43. The van der Waals surface area contributed by atoms with Gasteiger partial charge in [0.2, 0.25) is 0 Å². The fourth-order valence-corrected chi connectivity index (χ4v) is 2.08. The van der Waals surface area contributed by atoms with Crippen LogP contribution in [-0.4, -0.2) is 17.6 Å². The summed E-state index contributed by atoms with van der Waals surface area (Å²) in [7, 11) is 0. The Labute approximate surface area is 115 Å². The van der Waals surface area contributed by atoms with Gasteiger partial charge in [-0.1, -0.05) is 50.6 Å². The van der Waals surface area contributed by atoms with E-state index in [0.717, 1.165) is 18.5 Å². The van der Waals surface area contributed by atoms with Gasteiger partial charge in [-0.25, -0.2) is 0 Å². The average molecular weight is 254 g/mol. The van der Waals surface area contributed by atoms with Crippen LogP contribution >= 0.6 is 0 Å². The van der Waals surface area contributed by atoms with Gasteiger partial charge < -0.3 is 5.32 Å². The van der Waals surface area contributed by atoms with Gasteiger partial charge in [-0.3, -0.25) is 4.98 Å². The molecule has 0 bridgehead atoms. The predicted molar refractivity (Wildman–Crippen MR) is 83.1 cm³/mol. The molecule has 1 aromatic carbocycles. The lowest BCUT2D eigenvalue weighted by atomic mass is 10.0. The fourth-order valence-electron chi connectivity index (χ4n) is 2.08. The van der Waals surface area contributed by atoms with Crippen LogP contribution in [0.2, 0.25) is 0 Å². The van der Waals surface area contributed by atoms with Gasteiger partial charge in [-0.2, -0.15) is 0 Å². The first-order chi connectivity index (χ1) is 9.20. The topological polar surface area (TPSA) is 24.9 Å². The Bertz CT molecular complexity index is 565. The molecule has 100 valence electrons. The summed E-state index contributed by atoms with van der Waals surface area (Å²) in [6.45, 7) is 7.51. The van der Waals surface area contributed by atoms with Crippen molar-refractivity contribution in [2.24, 2.45) is 0 Å². The summed E-state index contributed by atoms with van der Waals surface area (Å²) in [5, 5.41) is 4.70. The molecule has 0 atom stereocenters. The van der Waals surface area contributed by atoms with Crippen LogP contribution in [0.5, 0.6) is 0 Å². The van der Waals surface area contributed by atoms with Crippen LogP contribution in [0.25, 0.3) is 17.0 Å². The van der Waals surface area contributed by atoms with Crippen molar-refractivity contribution in [1.29, 1.82) is 0 Å². The van der Waals surface area contributed by atoms with Gasteiger partial charge in [0.1, 0.15) is 0 Å². The molecular weight excluding hydrogens is 232 g/mol. The van der Waals surface area contributed by atoms with E-state index in [1.807, 2.05) is 12.3 Å². The highest BCUT2D eigenvalue weighted by Crippen LogP contribution is 2.19. The number of pyridine rings is 1. The molecule has 2 aromatic rings. The van der Waals surface area contributed by atoms with E-state index in [1.54, 1.807) is 0 Å². The van der Waals surface area contributed by atoms with Gasteiger partial charge in [-0.15, -0.1) is 0 Å². The number of nitrogens with zero attached hydrogens (tertiary/aromatic N) is 1. The summed E-state index contributed by atoms with van der Waals surface area (Å²) in [5.74, 6) is 0. The number of aromatic nitrogens is 1. The van der Waals surface area contributed by atoms with Crippen molar-refractivity contribution < 1.29 is 0 Å². The molecule has 0 aliphatic carbocycles. The molecule has 1 heterocycles. The van der Waals surface area contributed by atoms with Gasteiger partial charge in [0.25, 0.3) is 0 Å². The zero-order valence-electron chi connectivity index (χ0n) is 12.0. The van der Waals surface area contributed by atoms with E-state index in [0.29, 0.717) is 6.04 Å². The lowest BCUT2D eigenvalue weighted by Gasteiger charge is -2.11. The van der Waals surface area contributed by atoms with E-state index in [2.05, 4.69) is 61.4 Å². The third-order valence-corrected chi connectivity index (χ3v) is 3.23. The highest BCUT2D eigenvalue weighted by Gasteiger charge is 2.01. The number of benzene rings is 1. The van der Waals surface area contributed by atoms with E-state index in [-0.39, 0.29) is 0 Å². The fraction of sp³-hybridized carbons (Fsp3) is 0.353. The molecule has 1 aromatic heterocycles. The largest absolute Gasteiger partial charge is 0.311 e. The highest BCUT2D eigenvalue weighted by molar-refractivity contribution is 5.87. The Balaban J connectivity index is 2.32. The molecular formula is C17H22N2. The summed E-state index contributed by atoms with van der Waals surface area (Å²) in [4.78, 5) is 4.40. The van der Waals surface area contributed by atoms with Gasteiger partial charge in [0, 0.05) is 24.2 Å². The van der Waals surface area contributed by atoms with E-state index in [1.165, 1.54) is 16.5 Å². The first-order valence-corrected chi connectivity index (χ1v) is 6.97. The van der Waals surface area contributed by atoms with Gasteiger partial charge in [0.15, 0.2) is 0 Å². The number of hydrogen-bond donors (Lipinski definition) is 1. The maximum absolute atomic E-state index is 4.40. The van der Waals surface area contributed by atoms with E-state index in [9.17, 15) is 0 Å². The molecule has 19 heavy (non-hydrogen) atoms. The lowest BCUT2D eigenvalue weighted by Crippen LogP contribution is -2.24. The molecule has 0 aliphatic heterocycles. The molecule has 0 saturated carbocycles. The minimum atomic E-state index is 0.518. The molecule has 2 nitrogen and oxygen atoms in total. The second kappa shape index (κ2) is 6.48. The molecule has 1 N–H and O–H groups in total. The van der Waals surface area contributed by atoms with Crippen LogP contribution in [0.15, 0.2) is 42.1 Å². The van der Waals surface area contributed by atoms with Crippen molar-refractivity contribution in [3.8, 4) is 0 Å². The Kier molecular flexibility index (Phi) is 4.69. The number of rotatable bonds is 5. The van der Waals surface area contributed by atoms with Gasteiger partial charge >= 0.3 is 0 Å². The van der Waals surface area contributed by atoms with Gasteiger partial charge in [0.05, 0.1) is 5.52 Å². The van der Waals surface area contributed by atoms with Crippen molar-refractivity contribution in [2.45, 2.75) is 33.2 Å². The first kappa shape index (κ1) is 13.8. The molecule has 0 saturated heterocycles. The first-order valence-electron chi connectivity index (χ1n) is 6.97. The maximum atomic E-state index is 4.40. The Morgan fingerprint density at radius 1 is 1.26 bits per heavy atom. The monoisotopic (exact) mass is 254 g/mol. The maximum Gasteiger partial charge on any atom is 0.0707 e. The molecule has 0 unspecified atom stereocenters. The van der Waals surface area contributed by atoms with Crippen LogP contribution < -0.4 is 5.32 Å². The smallest absolute Gasteiger partial charge is 0.0707 e. The summed E-state index contributed by atoms with van der Waals surface area (Å²) >= 11 is 0. The van der Waals surface area contributed by atoms with E-state index < -0.39 is 0 Å². The van der Waals surface area contributed by atoms with Crippen molar-refractivity contribution in [3.05, 3.63) is 47.7 Å². The molecule has 0 fully saturated rings. The molecule has 0 amide bonds. The third kappa shape index (κ3) is 3.65. The third-order valence-electron chi connectivity index (χ3n) is 3.23. The quantitative estimate of drug-likeness (QED) is 0.871. The summed E-state index contributed by atoms with van der Waals surface area (Å²) in [5.41, 5.74) is 3.74. The second-order valence-electron chi connectivity index (χ2n) is 5.11. The Hall–Kier alpha value is -1.67. The van der Waals surface area contributed by atoms with Crippen molar-refractivity contribution in [2.75, 3.05) is 6.54 Å². The standard InChI is InChI=1S/C17H22N2/c1-4-14(12-19-13(2)3)11-15-9-10-18-17-8-6-5-7-16(15)17/h5-11,13,19H,4,12H2,1-3H3. The minimum Gasteiger partial charge on any atom is -0.311 e. The van der Waals surface area contributed by atoms with Gasteiger partial charge in [-0.05, 0) is 24.1 Å². The molecule has 0 aliphatic rings. The van der Waals surface area contributed by atoms with Crippen LogP contribution in [0.1, 0.15) is 32.8 Å². The highest BCUT2D eigenvalue weighted by atomic mass is 14.9. The minimum absolute atomic E-state index is 0.518. The van der Waals surface area contributed by atoms with E-state index >= 15 is 0 Å². The Morgan fingerprint density at radius 3 is 2.79 bits per heavy atom. The van der Waals surface area contributed by atoms with Crippen LogP contribution in [0.4, 0.5) is 0 Å². The summed E-state index contributed by atoms with van der Waals surface area (Å²) < 4.78 is 0. The van der Waals surface area contributed by atoms with Crippen LogP contribution in [0.3, 0.4) is 0 Å². The number of nitrogens with one attached hydrogen (secondary N) is 1. The van der Waals surface area contributed by atoms with Crippen molar-refractivity contribution in [1.82, 2.24) is 10.3 Å². The predicted octanol–water partition coefficient (Wildman–Crippen LogP) is 4.03. The summed E-state index contributed by atoms with van der Waals surface area (Å²) in [6.07, 6.45) is 5.24. The van der Waals surface area contributed by atoms with Crippen molar-refractivity contribution in [3.63, 3.8) is 0 Å². The zero-order chi connectivity index (χ0) is 13.7. The van der Waals surface area contributed by atoms with Crippen LogP contribution in [0, 0.1) is 0 Å². The lowest BCUT2D eigenvalue weighted by molar-refractivity contribution is 0.617. The number of para-hydroxylation sites is 1. The molecule has 2 heteroatoms. The van der Waals surface area contributed by atoms with E-state index in [4.69, 9.17) is 0 Å².